The van der Waals surface area contributed by atoms with Crippen molar-refractivity contribution in [1.29, 1.82) is 0 Å². The van der Waals surface area contributed by atoms with Crippen molar-refractivity contribution in [2.45, 2.75) is 17.7 Å². The summed E-state index contributed by atoms with van der Waals surface area (Å²) in [6.07, 6.45) is -0.00257. The van der Waals surface area contributed by atoms with Crippen LogP contribution in [-0.2, 0) is 14.6 Å². The zero-order valence-corrected chi connectivity index (χ0v) is 10.8. The summed E-state index contributed by atoms with van der Waals surface area (Å²) in [5.41, 5.74) is 0. The van der Waals surface area contributed by atoms with Gasteiger partial charge in [-0.3, -0.25) is 4.79 Å². The van der Waals surface area contributed by atoms with Gasteiger partial charge in [0.1, 0.15) is 0 Å². The minimum atomic E-state index is -3.37. The van der Waals surface area contributed by atoms with Gasteiger partial charge in [0, 0.05) is 10.9 Å². The lowest BCUT2D eigenvalue weighted by molar-refractivity contribution is -0.137. The first-order chi connectivity index (χ1) is 7.42. The third-order valence-electron chi connectivity index (χ3n) is 1.96. The number of carbonyl (C=O) groups is 1. The number of rotatable bonds is 5. The van der Waals surface area contributed by atoms with Gasteiger partial charge in [-0.2, -0.15) is 0 Å². The second-order valence-electron chi connectivity index (χ2n) is 3.27. The maximum absolute atomic E-state index is 11.8. The predicted octanol–water partition coefficient (Wildman–Crippen LogP) is 2.09. The molecule has 0 aliphatic rings. The van der Waals surface area contributed by atoms with E-state index in [9.17, 15) is 13.2 Å². The molecule has 0 fully saturated rings. The average Bonchev–Trinajstić information content (AvgIpc) is 2.16. The molecule has 0 heterocycles. The van der Waals surface area contributed by atoms with Crippen LogP contribution in [0.1, 0.15) is 12.8 Å². The Bertz CT molecular complexity index is 481. The van der Waals surface area contributed by atoms with E-state index in [1.807, 2.05) is 0 Å². The number of carboxylic acid groups (broad SMARTS) is 1. The van der Waals surface area contributed by atoms with E-state index in [1.165, 1.54) is 12.1 Å². The molecule has 0 aliphatic heterocycles. The number of halogens is 1. The Hall–Kier alpha value is -0.880. The monoisotopic (exact) mass is 306 g/mol. The third kappa shape index (κ3) is 3.94. The largest absolute Gasteiger partial charge is 0.481 e. The number of hydrogen-bond donors (Lipinski definition) is 1. The Labute approximate surface area is 102 Å². The van der Waals surface area contributed by atoms with Crippen molar-refractivity contribution >= 4 is 31.7 Å². The highest BCUT2D eigenvalue weighted by Gasteiger charge is 2.14. The quantitative estimate of drug-likeness (QED) is 0.904. The highest BCUT2D eigenvalue weighted by atomic mass is 79.9. The SMILES string of the molecule is O=C(O)CCCS(=O)(=O)c1cccc(Br)c1. The fourth-order valence-electron chi connectivity index (χ4n) is 1.19. The molecule has 1 rings (SSSR count). The van der Waals surface area contributed by atoms with Crippen molar-refractivity contribution in [3.63, 3.8) is 0 Å². The fraction of sp³-hybridized carbons (Fsp3) is 0.300. The molecule has 0 aromatic heterocycles. The van der Waals surface area contributed by atoms with Crippen molar-refractivity contribution in [2.75, 3.05) is 5.75 Å². The van der Waals surface area contributed by atoms with Crippen LogP contribution in [0.15, 0.2) is 33.6 Å². The Morgan fingerprint density at radius 2 is 2.06 bits per heavy atom. The van der Waals surface area contributed by atoms with E-state index in [2.05, 4.69) is 15.9 Å². The van der Waals surface area contributed by atoms with Crippen molar-refractivity contribution < 1.29 is 18.3 Å². The van der Waals surface area contributed by atoms with Crippen LogP contribution < -0.4 is 0 Å². The van der Waals surface area contributed by atoms with Crippen LogP contribution in [0.4, 0.5) is 0 Å². The molecule has 0 unspecified atom stereocenters. The van der Waals surface area contributed by atoms with Crippen molar-refractivity contribution in [1.82, 2.24) is 0 Å². The molecule has 1 aromatic rings. The number of carboxylic acids is 1. The molecular formula is C10H11BrO4S. The summed E-state index contributed by atoms with van der Waals surface area (Å²) in [6.45, 7) is 0. The van der Waals surface area contributed by atoms with Crippen molar-refractivity contribution in [3.8, 4) is 0 Å². The molecule has 0 atom stereocenters. The lowest BCUT2D eigenvalue weighted by atomic mass is 10.3. The van der Waals surface area contributed by atoms with Crippen LogP contribution in [0.5, 0.6) is 0 Å². The van der Waals surface area contributed by atoms with E-state index < -0.39 is 15.8 Å². The molecule has 0 aliphatic carbocycles. The molecule has 0 amide bonds. The van der Waals surface area contributed by atoms with Gasteiger partial charge in [-0.25, -0.2) is 8.42 Å². The Balaban J connectivity index is 2.74. The van der Waals surface area contributed by atoms with Gasteiger partial charge in [0.25, 0.3) is 0 Å². The molecule has 6 heteroatoms. The molecule has 0 spiro atoms. The Kier molecular flexibility index (Phi) is 4.49. The first-order valence-corrected chi connectivity index (χ1v) is 7.06. The van der Waals surface area contributed by atoms with Crippen LogP contribution in [0.3, 0.4) is 0 Å². The zero-order chi connectivity index (χ0) is 12.2. The minimum Gasteiger partial charge on any atom is -0.481 e. The van der Waals surface area contributed by atoms with Gasteiger partial charge >= 0.3 is 5.97 Å². The van der Waals surface area contributed by atoms with E-state index in [0.29, 0.717) is 4.47 Å². The molecular weight excluding hydrogens is 296 g/mol. The lowest BCUT2D eigenvalue weighted by Gasteiger charge is -2.03. The summed E-state index contributed by atoms with van der Waals surface area (Å²) < 4.78 is 24.2. The van der Waals surface area contributed by atoms with Gasteiger partial charge in [0.2, 0.25) is 0 Å². The molecule has 16 heavy (non-hydrogen) atoms. The summed E-state index contributed by atoms with van der Waals surface area (Å²) >= 11 is 3.19. The van der Waals surface area contributed by atoms with Crippen LogP contribution >= 0.6 is 15.9 Å². The summed E-state index contributed by atoms with van der Waals surface area (Å²) in [5.74, 6) is -1.13. The smallest absolute Gasteiger partial charge is 0.303 e. The molecule has 0 bridgehead atoms. The summed E-state index contributed by atoms with van der Waals surface area (Å²) in [7, 11) is -3.37. The maximum atomic E-state index is 11.8. The number of hydrogen-bond acceptors (Lipinski definition) is 3. The van der Waals surface area contributed by atoms with Gasteiger partial charge in [-0.05, 0) is 24.6 Å². The van der Waals surface area contributed by atoms with Crippen molar-refractivity contribution in [3.05, 3.63) is 28.7 Å². The summed E-state index contributed by atoms with van der Waals surface area (Å²) in [4.78, 5) is 10.5. The van der Waals surface area contributed by atoms with Gasteiger partial charge < -0.3 is 5.11 Å². The maximum Gasteiger partial charge on any atom is 0.303 e. The molecule has 4 nitrogen and oxygen atoms in total. The molecule has 0 radical (unpaired) electrons. The number of aliphatic carboxylic acids is 1. The van der Waals surface area contributed by atoms with Gasteiger partial charge in [0.15, 0.2) is 9.84 Å². The predicted molar refractivity (Wildman–Crippen MR) is 63.1 cm³/mol. The van der Waals surface area contributed by atoms with E-state index in [0.717, 1.165) is 0 Å². The van der Waals surface area contributed by atoms with E-state index in [4.69, 9.17) is 5.11 Å². The molecule has 88 valence electrons. The van der Waals surface area contributed by atoms with Crippen LogP contribution in [0.2, 0.25) is 0 Å². The second-order valence-corrected chi connectivity index (χ2v) is 6.30. The van der Waals surface area contributed by atoms with E-state index in [-0.39, 0.29) is 23.5 Å². The van der Waals surface area contributed by atoms with Crippen molar-refractivity contribution in [2.24, 2.45) is 0 Å². The molecule has 1 aromatic carbocycles. The molecule has 0 saturated heterocycles. The highest BCUT2D eigenvalue weighted by molar-refractivity contribution is 9.10. The Morgan fingerprint density at radius 3 is 2.62 bits per heavy atom. The first-order valence-electron chi connectivity index (χ1n) is 4.62. The van der Waals surface area contributed by atoms with Crippen LogP contribution in [-0.4, -0.2) is 25.2 Å². The van der Waals surface area contributed by atoms with Gasteiger partial charge in [0.05, 0.1) is 10.6 Å². The lowest BCUT2D eigenvalue weighted by Crippen LogP contribution is -2.08. The van der Waals surface area contributed by atoms with Gasteiger partial charge in [-0.15, -0.1) is 0 Å². The van der Waals surface area contributed by atoms with Crippen LogP contribution in [0, 0.1) is 0 Å². The average molecular weight is 307 g/mol. The number of sulfone groups is 1. The van der Waals surface area contributed by atoms with Crippen LogP contribution in [0.25, 0.3) is 0 Å². The van der Waals surface area contributed by atoms with E-state index in [1.54, 1.807) is 12.1 Å². The first kappa shape index (κ1) is 13.2. The summed E-state index contributed by atoms with van der Waals surface area (Å²) in [5, 5.41) is 8.42. The number of benzene rings is 1. The fourth-order valence-corrected chi connectivity index (χ4v) is 3.09. The third-order valence-corrected chi connectivity index (χ3v) is 4.25. The zero-order valence-electron chi connectivity index (χ0n) is 8.39. The van der Waals surface area contributed by atoms with Gasteiger partial charge in [-0.1, -0.05) is 22.0 Å². The minimum absolute atomic E-state index is 0.129. The molecule has 0 saturated carbocycles. The normalized spacial score (nSPS) is 11.3. The Morgan fingerprint density at radius 1 is 1.38 bits per heavy atom. The highest BCUT2D eigenvalue weighted by Crippen LogP contribution is 2.18. The molecule has 1 N–H and O–H groups in total. The summed E-state index contributed by atoms with van der Waals surface area (Å²) in [6, 6.07) is 6.38. The van der Waals surface area contributed by atoms with E-state index >= 15 is 0 Å². The standard InChI is InChI=1S/C10H11BrO4S/c11-8-3-1-4-9(7-8)16(14,15)6-2-5-10(12)13/h1,3-4,7H,2,5-6H2,(H,12,13). The second kappa shape index (κ2) is 5.45. The topological polar surface area (TPSA) is 71.4 Å².